The molecule has 1 aromatic rings. The van der Waals surface area contributed by atoms with Crippen LogP contribution in [0.5, 0.6) is 0 Å². The third-order valence-electron chi connectivity index (χ3n) is 1.83. The van der Waals surface area contributed by atoms with Crippen LogP contribution in [0.1, 0.15) is 22.9 Å². The van der Waals surface area contributed by atoms with Gasteiger partial charge >= 0.3 is 5.97 Å². The van der Waals surface area contributed by atoms with Gasteiger partial charge < -0.3 is 5.11 Å². The molecule has 0 fully saturated rings. The molecule has 0 aromatic heterocycles. The molecule has 1 rings (SSSR count). The second-order valence-electron chi connectivity index (χ2n) is 2.88. The number of benzene rings is 1. The number of carboxylic acid groups (broad SMARTS) is 1. The van der Waals surface area contributed by atoms with Gasteiger partial charge in [0.15, 0.2) is 0 Å². The van der Waals surface area contributed by atoms with Crippen LogP contribution in [0.3, 0.4) is 0 Å². The van der Waals surface area contributed by atoms with Crippen LogP contribution in [0.4, 0.5) is 0 Å². The lowest BCUT2D eigenvalue weighted by atomic mass is 10.1. The smallest absolute Gasteiger partial charge is 0.321 e. The summed E-state index contributed by atoms with van der Waals surface area (Å²) in [6, 6.07) is 7.18. The number of rotatable bonds is 3. The van der Waals surface area contributed by atoms with E-state index >= 15 is 0 Å². The van der Waals surface area contributed by atoms with Crippen molar-refractivity contribution in [2.24, 2.45) is 0 Å². The molecule has 0 bridgehead atoms. The van der Waals surface area contributed by atoms with E-state index in [0.717, 1.165) is 16.0 Å². The minimum Gasteiger partial charge on any atom is -0.480 e. The number of aliphatic carboxylic acids is 1. The fraction of sp³-hybridized carbons (Fsp3) is 0.200. The summed E-state index contributed by atoms with van der Waals surface area (Å²) in [6.45, 7) is 1.84. The van der Waals surface area contributed by atoms with Gasteiger partial charge in [-0.1, -0.05) is 52.4 Å². The quantitative estimate of drug-likeness (QED) is 0.522. The molecule has 74 valence electrons. The van der Waals surface area contributed by atoms with Gasteiger partial charge in [0.2, 0.25) is 0 Å². The van der Waals surface area contributed by atoms with Crippen molar-refractivity contribution >= 4 is 39.0 Å². The first-order chi connectivity index (χ1) is 6.52. The summed E-state index contributed by atoms with van der Waals surface area (Å²) >= 11 is 8.07. The van der Waals surface area contributed by atoms with E-state index in [4.69, 9.17) is 17.3 Å². The largest absolute Gasteiger partial charge is 0.480 e. The monoisotopic (exact) mass is 272 g/mol. The molecule has 0 aliphatic carbocycles. The second kappa shape index (κ2) is 4.66. The minimum absolute atomic E-state index is 0.651. The molecule has 14 heavy (non-hydrogen) atoms. The Balaban J connectivity index is 2.94. The van der Waals surface area contributed by atoms with Crippen molar-refractivity contribution in [1.29, 1.82) is 0 Å². The molecule has 0 amide bonds. The highest BCUT2D eigenvalue weighted by Crippen LogP contribution is 2.23. The summed E-state index contributed by atoms with van der Waals surface area (Å²) in [5, 5.41) is 8.74. The van der Waals surface area contributed by atoms with Crippen molar-refractivity contribution in [2.45, 2.75) is 11.8 Å². The van der Waals surface area contributed by atoms with Crippen molar-refractivity contribution in [1.82, 2.24) is 0 Å². The predicted octanol–water partition coefficient (Wildman–Crippen LogP) is 2.95. The van der Waals surface area contributed by atoms with Crippen LogP contribution < -0.4 is 0 Å². The molecule has 0 aliphatic rings. The highest BCUT2D eigenvalue weighted by molar-refractivity contribution is 9.09. The summed E-state index contributed by atoms with van der Waals surface area (Å²) in [7, 11) is 0. The number of thiocarbonyl (C=S) groups is 1. The maximum absolute atomic E-state index is 10.6. The third-order valence-corrected chi connectivity index (χ3v) is 2.98. The minimum atomic E-state index is -0.892. The zero-order valence-corrected chi connectivity index (χ0v) is 9.93. The first-order valence-electron chi connectivity index (χ1n) is 4.00. The van der Waals surface area contributed by atoms with Gasteiger partial charge in [0.25, 0.3) is 0 Å². The fourth-order valence-electron chi connectivity index (χ4n) is 1.03. The molecule has 1 aromatic carbocycles. The molecular formula is C10H9BrO2S. The standard InChI is InChI=1S/C10H9BrO2S/c1-6(14)7-2-4-8(5-3-7)9(11)10(12)13/h2-5,9H,1H3,(H,12,13). The average Bonchev–Trinajstić information content (AvgIpc) is 2.16. The summed E-state index contributed by atoms with van der Waals surface area (Å²) < 4.78 is 0. The Morgan fingerprint density at radius 1 is 1.43 bits per heavy atom. The van der Waals surface area contributed by atoms with E-state index in [1.54, 1.807) is 12.1 Å². The summed E-state index contributed by atoms with van der Waals surface area (Å²) in [4.78, 5) is 10.8. The molecule has 2 nitrogen and oxygen atoms in total. The Labute approximate surface area is 96.1 Å². The van der Waals surface area contributed by atoms with Crippen LogP contribution in [0, 0.1) is 0 Å². The van der Waals surface area contributed by atoms with Gasteiger partial charge in [0.05, 0.1) is 0 Å². The second-order valence-corrected chi connectivity index (χ2v) is 4.41. The van der Waals surface area contributed by atoms with Gasteiger partial charge in [0.1, 0.15) is 4.83 Å². The molecule has 0 saturated heterocycles. The number of hydrogen-bond acceptors (Lipinski definition) is 2. The Hall–Kier alpha value is -0.740. The Morgan fingerprint density at radius 2 is 1.93 bits per heavy atom. The number of carbonyl (C=O) groups is 1. The van der Waals surface area contributed by atoms with Crippen LogP contribution in [-0.2, 0) is 4.79 Å². The third kappa shape index (κ3) is 2.62. The molecule has 0 saturated carbocycles. The molecule has 0 aliphatic heterocycles. The molecule has 1 N–H and O–H groups in total. The lowest BCUT2D eigenvalue weighted by molar-refractivity contribution is -0.136. The van der Waals surface area contributed by atoms with Gasteiger partial charge in [-0.15, -0.1) is 0 Å². The van der Waals surface area contributed by atoms with Crippen molar-refractivity contribution in [3.8, 4) is 0 Å². The number of hydrogen-bond donors (Lipinski definition) is 1. The molecule has 1 atom stereocenters. The fourth-order valence-corrected chi connectivity index (χ4v) is 1.47. The predicted molar refractivity (Wildman–Crippen MR) is 63.1 cm³/mol. The lowest BCUT2D eigenvalue weighted by Crippen LogP contribution is -2.04. The summed E-state index contributed by atoms with van der Waals surface area (Å²) in [5.74, 6) is -0.892. The molecule has 4 heteroatoms. The van der Waals surface area contributed by atoms with E-state index < -0.39 is 10.8 Å². The van der Waals surface area contributed by atoms with Crippen LogP contribution in [0.15, 0.2) is 24.3 Å². The first-order valence-corrected chi connectivity index (χ1v) is 5.32. The van der Waals surface area contributed by atoms with Crippen LogP contribution in [0.2, 0.25) is 0 Å². The van der Waals surface area contributed by atoms with Gasteiger partial charge in [-0.05, 0) is 18.1 Å². The number of alkyl halides is 1. The first kappa shape index (κ1) is 11.3. The Bertz CT molecular complexity index is 359. The van der Waals surface area contributed by atoms with Gasteiger partial charge in [0, 0.05) is 4.86 Å². The van der Waals surface area contributed by atoms with Gasteiger partial charge in [-0.3, -0.25) is 4.79 Å². The van der Waals surface area contributed by atoms with Crippen LogP contribution in [0.25, 0.3) is 0 Å². The summed E-state index contributed by atoms with van der Waals surface area (Å²) in [5.41, 5.74) is 1.67. The SMILES string of the molecule is CC(=S)c1ccc(C(Br)C(=O)O)cc1. The van der Waals surface area contributed by atoms with Crippen molar-refractivity contribution in [3.05, 3.63) is 35.4 Å². The van der Waals surface area contributed by atoms with Crippen molar-refractivity contribution in [3.63, 3.8) is 0 Å². The van der Waals surface area contributed by atoms with E-state index in [1.807, 2.05) is 19.1 Å². The van der Waals surface area contributed by atoms with E-state index in [2.05, 4.69) is 15.9 Å². The molecular weight excluding hydrogens is 264 g/mol. The molecule has 0 radical (unpaired) electrons. The molecule has 0 spiro atoms. The topological polar surface area (TPSA) is 37.3 Å². The maximum atomic E-state index is 10.6. The Morgan fingerprint density at radius 3 is 2.29 bits per heavy atom. The zero-order valence-electron chi connectivity index (χ0n) is 7.53. The van der Waals surface area contributed by atoms with Crippen molar-refractivity contribution in [2.75, 3.05) is 0 Å². The maximum Gasteiger partial charge on any atom is 0.321 e. The highest BCUT2D eigenvalue weighted by Gasteiger charge is 2.14. The number of carboxylic acids is 1. The van der Waals surface area contributed by atoms with Crippen molar-refractivity contribution < 1.29 is 9.90 Å². The number of halogens is 1. The normalized spacial score (nSPS) is 12.1. The van der Waals surface area contributed by atoms with Crippen LogP contribution in [-0.4, -0.2) is 15.9 Å². The van der Waals surface area contributed by atoms with E-state index in [1.165, 1.54) is 0 Å². The van der Waals surface area contributed by atoms with E-state index in [9.17, 15) is 4.79 Å². The molecule has 1 unspecified atom stereocenters. The lowest BCUT2D eigenvalue weighted by Gasteiger charge is -2.05. The van der Waals surface area contributed by atoms with Gasteiger partial charge in [-0.2, -0.15) is 0 Å². The molecule has 0 heterocycles. The van der Waals surface area contributed by atoms with Crippen LogP contribution >= 0.6 is 28.1 Å². The average molecular weight is 273 g/mol. The highest BCUT2D eigenvalue weighted by atomic mass is 79.9. The summed E-state index contributed by atoms with van der Waals surface area (Å²) in [6.07, 6.45) is 0. The van der Waals surface area contributed by atoms with Gasteiger partial charge in [-0.25, -0.2) is 0 Å². The Kier molecular flexibility index (Phi) is 3.77. The van der Waals surface area contributed by atoms with E-state index in [-0.39, 0.29) is 0 Å². The zero-order chi connectivity index (χ0) is 10.7. The van der Waals surface area contributed by atoms with E-state index in [0.29, 0.717) is 0 Å².